The third-order valence-corrected chi connectivity index (χ3v) is 5.15. The summed E-state index contributed by atoms with van der Waals surface area (Å²) in [6.45, 7) is 0.551. The van der Waals surface area contributed by atoms with Crippen molar-refractivity contribution in [1.29, 1.82) is 0 Å². The van der Waals surface area contributed by atoms with Crippen LogP contribution in [0.15, 0.2) is 42.5 Å². The van der Waals surface area contributed by atoms with Crippen molar-refractivity contribution in [3.63, 3.8) is 0 Å². The van der Waals surface area contributed by atoms with Gasteiger partial charge in [0.15, 0.2) is 0 Å². The molecule has 2 unspecified atom stereocenters. The van der Waals surface area contributed by atoms with Gasteiger partial charge in [0.1, 0.15) is 18.5 Å². The molecule has 3 rings (SSSR count). The lowest BCUT2D eigenvalue weighted by molar-refractivity contribution is -0.384. The van der Waals surface area contributed by atoms with Gasteiger partial charge >= 0.3 is 0 Å². The zero-order valence-electron chi connectivity index (χ0n) is 13.4. The summed E-state index contributed by atoms with van der Waals surface area (Å²) in [7, 11) is 0. The number of nitrogens with zero attached hydrogens (tertiary/aromatic N) is 1. The monoisotopic (exact) mass is 461 g/mol. The van der Waals surface area contributed by atoms with Crippen LogP contribution >= 0.6 is 39.1 Å². The molecule has 1 aliphatic heterocycles. The molecule has 0 aliphatic carbocycles. The van der Waals surface area contributed by atoms with E-state index in [0.717, 1.165) is 0 Å². The zero-order chi connectivity index (χ0) is 18.7. The topological polar surface area (TPSA) is 70.8 Å². The highest BCUT2D eigenvalue weighted by Gasteiger charge is 2.44. The Hall–Kier alpha value is -1.38. The van der Waals surface area contributed by atoms with E-state index in [4.69, 9.17) is 37.4 Å². The normalized spacial score (nSPS) is 22.3. The highest BCUT2D eigenvalue weighted by Crippen LogP contribution is 2.40. The molecule has 0 spiro atoms. The van der Waals surface area contributed by atoms with E-state index < -0.39 is 10.7 Å². The Balaban J connectivity index is 1.66. The first kappa shape index (κ1) is 19.4. The van der Waals surface area contributed by atoms with Crippen molar-refractivity contribution in [1.82, 2.24) is 0 Å². The molecule has 0 saturated carbocycles. The number of halogens is 3. The van der Waals surface area contributed by atoms with Crippen LogP contribution in [0.25, 0.3) is 0 Å². The number of non-ortho nitro benzene ring substituents is 1. The van der Waals surface area contributed by atoms with Gasteiger partial charge in [0, 0.05) is 22.7 Å². The Labute approximate surface area is 168 Å². The van der Waals surface area contributed by atoms with E-state index in [-0.39, 0.29) is 18.4 Å². The van der Waals surface area contributed by atoms with Crippen molar-refractivity contribution in [3.05, 3.63) is 68.2 Å². The van der Waals surface area contributed by atoms with Crippen LogP contribution in [0.4, 0.5) is 5.69 Å². The molecule has 0 N–H and O–H groups in total. The quantitative estimate of drug-likeness (QED) is 0.345. The molecule has 2 atom stereocenters. The van der Waals surface area contributed by atoms with Gasteiger partial charge in [0.05, 0.1) is 21.9 Å². The second kappa shape index (κ2) is 8.10. The lowest BCUT2D eigenvalue weighted by Gasteiger charge is -2.27. The van der Waals surface area contributed by atoms with Gasteiger partial charge in [-0.3, -0.25) is 10.1 Å². The summed E-state index contributed by atoms with van der Waals surface area (Å²) >= 11 is 15.7. The molecule has 9 heteroatoms. The Morgan fingerprint density at radius 3 is 2.62 bits per heavy atom. The van der Waals surface area contributed by atoms with Gasteiger partial charge in [-0.2, -0.15) is 0 Å². The fourth-order valence-corrected chi connectivity index (χ4v) is 3.73. The van der Waals surface area contributed by atoms with Crippen molar-refractivity contribution in [2.75, 3.05) is 18.5 Å². The molecule has 1 heterocycles. The van der Waals surface area contributed by atoms with Gasteiger partial charge in [0.25, 0.3) is 5.69 Å². The fraction of sp³-hybridized carbons (Fsp3) is 0.294. The molecule has 1 aliphatic rings. The maximum Gasteiger partial charge on any atom is 0.269 e. The molecule has 1 saturated heterocycles. The number of hydrogen-bond donors (Lipinski definition) is 0. The van der Waals surface area contributed by atoms with E-state index in [0.29, 0.717) is 33.3 Å². The molecule has 2 aromatic rings. The average molecular weight is 463 g/mol. The first-order valence-corrected chi connectivity index (χ1v) is 9.52. The SMILES string of the molecule is O=[N+]([O-])c1ccc(OCC2COC(CBr)(c3ccc(Cl)cc3Cl)O2)cc1. The molecule has 0 aromatic heterocycles. The summed E-state index contributed by atoms with van der Waals surface area (Å²) in [4.78, 5) is 10.2. The van der Waals surface area contributed by atoms with Crippen LogP contribution in [0.2, 0.25) is 10.0 Å². The smallest absolute Gasteiger partial charge is 0.269 e. The van der Waals surface area contributed by atoms with Crippen LogP contribution in [-0.2, 0) is 15.3 Å². The maximum atomic E-state index is 10.7. The van der Waals surface area contributed by atoms with E-state index in [2.05, 4.69) is 15.9 Å². The molecule has 0 amide bonds. The number of nitro groups is 1. The maximum absolute atomic E-state index is 10.7. The highest BCUT2D eigenvalue weighted by molar-refractivity contribution is 9.09. The lowest BCUT2D eigenvalue weighted by Crippen LogP contribution is -2.31. The van der Waals surface area contributed by atoms with Crippen LogP contribution in [0.1, 0.15) is 5.56 Å². The van der Waals surface area contributed by atoms with E-state index in [1.807, 2.05) is 0 Å². The standard InChI is InChI=1S/C17H14BrCl2NO5/c18-10-17(15-6-1-11(19)7-16(15)20)25-9-14(26-17)8-24-13-4-2-12(3-5-13)21(22)23/h1-7,14H,8-10H2. The largest absolute Gasteiger partial charge is 0.491 e. The summed E-state index contributed by atoms with van der Waals surface area (Å²) in [6, 6.07) is 11.0. The molecule has 0 bridgehead atoms. The Kier molecular flexibility index (Phi) is 6.04. The molecule has 1 fully saturated rings. The highest BCUT2D eigenvalue weighted by atomic mass is 79.9. The van der Waals surface area contributed by atoms with Gasteiger partial charge in [-0.15, -0.1) is 0 Å². The van der Waals surface area contributed by atoms with Crippen molar-refractivity contribution < 1.29 is 19.1 Å². The third kappa shape index (κ3) is 4.13. The van der Waals surface area contributed by atoms with Crippen LogP contribution < -0.4 is 4.74 Å². The Morgan fingerprint density at radius 2 is 2.00 bits per heavy atom. The third-order valence-electron chi connectivity index (χ3n) is 3.86. The molecule has 2 aromatic carbocycles. The van der Waals surface area contributed by atoms with Crippen molar-refractivity contribution >= 4 is 44.8 Å². The Bertz CT molecular complexity index is 804. The Morgan fingerprint density at radius 1 is 1.27 bits per heavy atom. The van der Waals surface area contributed by atoms with E-state index in [9.17, 15) is 10.1 Å². The predicted octanol–water partition coefficient (Wildman–Crippen LogP) is 4.94. The number of ether oxygens (including phenoxy) is 3. The molecular formula is C17H14BrCl2NO5. The summed E-state index contributed by atoms with van der Waals surface area (Å²) in [6.07, 6.45) is -0.325. The van der Waals surface area contributed by atoms with Gasteiger partial charge < -0.3 is 14.2 Å². The molecule has 138 valence electrons. The zero-order valence-corrected chi connectivity index (χ0v) is 16.5. The first-order chi connectivity index (χ1) is 12.4. The lowest BCUT2D eigenvalue weighted by atomic mass is 10.1. The first-order valence-electron chi connectivity index (χ1n) is 7.64. The summed E-state index contributed by atoms with van der Waals surface area (Å²) in [5, 5.41) is 12.0. The van der Waals surface area contributed by atoms with Crippen molar-refractivity contribution in [3.8, 4) is 5.75 Å². The number of rotatable bonds is 6. The van der Waals surface area contributed by atoms with Gasteiger partial charge in [0.2, 0.25) is 5.79 Å². The van der Waals surface area contributed by atoms with E-state index in [1.165, 1.54) is 12.1 Å². The number of benzene rings is 2. The molecule has 0 radical (unpaired) electrons. The van der Waals surface area contributed by atoms with Crippen LogP contribution in [0, 0.1) is 10.1 Å². The second-order valence-corrected chi connectivity index (χ2v) is 7.03. The number of hydrogen-bond acceptors (Lipinski definition) is 5. The average Bonchev–Trinajstić information content (AvgIpc) is 3.05. The van der Waals surface area contributed by atoms with Crippen molar-refractivity contribution in [2.45, 2.75) is 11.9 Å². The summed E-state index contributed by atoms with van der Waals surface area (Å²) in [5.41, 5.74) is 0.687. The minimum atomic E-state index is -1.02. The summed E-state index contributed by atoms with van der Waals surface area (Å²) < 4.78 is 17.6. The molecule has 6 nitrogen and oxygen atoms in total. The van der Waals surface area contributed by atoms with Gasteiger partial charge in [-0.05, 0) is 24.3 Å². The van der Waals surface area contributed by atoms with Crippen LogP contribution in [0.3, 0.4) is 0 Å². The van der Waals surface area contributed by atoms with Crippen LogP contribution in [-0.4, -0.2) is 29.6 Å². The van der Waals surface area contributed by atoms with Gasteiger partial charge in [-0.1, -0.05) is 45.2 Å². The predicted molar refractivity (Wildman–Crippen MR) is 101 cm³/mol. The van der Waals surface area contributed by atoms with Crippen LogP contribution in [0.5, 0.6) is 5.75 Å². The summed E-state index contributed by atoms with van der Waals surface area (Å²) in [5.74, 6) is -0.509. The molecular weight excluding hydrogens is 449 g/mol. The van der Waals surface area contributed by atoms with E-state index >= 15 is 0 Å². The number of nitro benzene ring substituents is 1. The van der Waals surface area contributed by atoms with E-state index in [1.54, 1.807) is 30.3 Å². The fourth-order valence-electron chi connectivity index (χ4n) is 2.58. The number of alkyl halides is 1. The minimum Gasteiger partial charge on any atom is -0.491 e. The molecule has 26 heavy (non-hydrogen) atoms. The van der Waals surface area contributed by atoms with Gasteiger partial charge in [-0.25, -0.2) is 0 Å². The van der Waals surface area contributed by atoms with Crippen molar-refractivity contribution in [2.24, 2.45) is 0 Å². The second-order valence-electron chi connectivity index (χ2n) is 5.62. The minimum absolute atomic E-state index is 0.00786.